The molecule has 0 saturated carbocycles. The van der Waals surface area contributed by atoms with Crippen LogP contribution >= 0.6 is 0 Å². The monoisotopic (exact) mass is 274 g/mol. The SMILES string of the molecule is Cc1cccc2c1N(C(=O)CCC(C)CCN)CCC2. The van der Waals surface area contributed by atoms with Gasteiger partial charge in [-0.25, -0.2) is 0 Å². The van der Waals surface area contributed by atoms with E-state index in [0.717, 1.165) is 37.9 Å². The molecule has 1 aromatic rings. The van der Waals surface area contributed by atoms with Gasteiger partial charge in [0.1, 0.15) is 0 Å². The Balaban J connectivity index is 2.05. The van der Waals surface area contributed by atoms with E-state index in [9.17, 15) is 4.79 Å². The van der Waals surface area contributed by atoms with Crippen LogP contribution in [0.15, 0.2) is 18.2 Å². The summed E-state index contributed by atoms with van der Waals surface area (Å²) in [5.74, 6) is 0.800. The molecule has 1 amide bonds. The maximum Gasteiger partial charge on any atom is 0.227 e. The third-order valence-electron chi connectivity index (χ3n) is 4.23. The first-order valence-corrected chi connectivity index (χ1v) is 7.72. The summed E-state index contributed by atoms with van der Waals surface area (Å²) in [6, 6.07) is 6.34. The number of nitrogens with two attached hydrogens (primary N) is 1. The molecule has 0 bridgehead atoms. The Hall–Kier alpha value is -1.35. The molecule has 3 heteroatoms. The number of aryl methyl sites for hydroxylation is 2. The van der Waals surface area contributed by atoms with Crippen LogP contribution in [-0.4, -0.2) is 19.0 Å². The molecule has 110 valence electrons. The molecule has 1 atom stereocenters. The van der Waals surface area contributed by atoms with Crippen LogP contribution in [0, 0.1) is 12.8 Å². The number of rotatable bonds is 5. The van der Waals surface area contributed by atoms with Gasteiger partial charge in [0.15, 0.2) is 0 Å². The molecule has 1 aromatic carbocycles. The van der Waals surface area contributed by atoms with E-state index in [-0.39, 0.29) is 5.91 Å². The highest BCUT2D eigenvalue weighted by atomic mass is 16.2. The molecule has 0 radical (unpaired) electrons. The van der Waals surface area contributed by atoms with Crippen LogP contribution in [0.3, 0.4) is 0 Å². The van der Waals surface area contributed by atoms with E-state index in [2.05, 4.69) is 32.0 Å². The van der Waals surface area contributed by atoms with Gasteiger partial charge in [0.2, 0.25) is 5.91 Å². The number of hydrogen-bond acceptors (Lipinski definition) is 2. The lowest BCUT2D eigenvalue weighted by Crippen LogP contribution is -2.36. The van der Waals surface area contributed by atoms with Crippen molar-refractivity contribution in [2.45, 2.75) is 46.0 Å². The first-order chi connectivity index (χ1) is 9.63. The van der Waals surface area contributed by atoms with Gasteiger partial charge in [0.05, 0.1) is 0 Å². The summed E-state index contributed by atoms with van der Waals surface area (Å²) in [6.45, 7) is 5.85. The number of nitrogens with zero attached hydrogens (tertiary/aromatic N) is 1. The molecule has 1 aliphatic rings. The summed E-state index contributed by atoms with van der Waals surface area (Å²) < 4.78 is 0. The van der Waals surface area contributed by atoms with Gasteiger partial charge in [0, 0.05) is 18.7 Å². The maximum absolute atomic E-state index is 12.5. The summed E-state index contributed by atoms with van der Waals surface area (Å²) in [6.07, 6.45) is 4.73. The maximum atomic E-state index is 12.5. The molecule has 0 saturated heterocycles. The number of fused-ring (bicyclic) bond motifs is 1. The predicted molar refractivity (Wildman–Crippen MR) is 83.9 cm³/mol. The van der Waals surface area contributed by atoms with Crippen LogP contribution in [0.1, 0.15) is 43.7 Å². The molecule has 0 fully saturated rings. The predicted octanol–water partition coefficient (Wildman–Crippen LogP) is 3.04. The Bertz CT molecular complexity index is 470. The summed E-state index contributed by atoms with van der Waals surface area (Å²) in [5.41, 5.74) is 9.26. The molecular weight excluding hydrogens is 248 g/mol. The molecule has 0 aliphatic carbocycles. The first-order valence-electron chi connectivity index (χ1n) is 7.72. The molecule has 0 aromatic heterocycles. The lowest BCUT2D eigenvalue weighted by atomic mass is 9.96. The van der Waals surface area contributed by atoms with E-state index in [1.165, 1.54) is 11.1 Å². The zero-order chi connectivity index (χ0) is 14.5. The average molecular weight is 274 g/mol. The Labute approximate surface area is 122 Å². The quantitative estimate of drug-likeness (QED) is 0.897. The number of anilines is 1. The van der Waals surface area contributed by atoms with Gasteiger partial charge in [-0.2, -0.15) is 0 Å². The van der Waals surface area contributed by atoms with E-state index in [1.54, 1.807) is 0 Å². The molecule has 3 nitrogen and oxygen atoms in total. The van der Waals surface area contributed by atoms with E-state index in [1.807, 2.05) is 4.90 Å². The normalized spacial score (nSPS) is 15.8. The van der Waals surface area contributed by atoms with E-state index in [4.69, 9.17) is 5.73 Å². The minimum absolute atomic E-state index is 0.268. The zero-order valence-electron chi connectivity index (χ0n) is 12.7. The van der Waals surface area contributed by atoms with Crippen LogP contribution in [-0.2, 0) is 11.2 Å². The van der Waals surface area contributed by atoms with Crippen LogP contribution < -0.4 is 10.6 Å². The third kappa shape index (κ3) is 3.40. The van der Waals surface area contributed by atoms with Crippen molar-refractivity contribution >= 4 is 11.6 Å². The number of hydrogen-bond donors (Lipinski definition) is 1. The summed E-state index contributed by atoms with van der Waals surface area (Å²) in [5, 5.41) is 0. The highest BCUT2D eigenvalue weighted by Crippen LogP contribution is 2.31. The minimum atomic E-state index is 0.268. The molecule has 2 N–H and O–H groups in total. The van der Waals surface area contributed by atoms with Crippen molar-refractivity contribution in [2.24, 2.45) is 11.7 Å². The van der Waals surface area contributed by atoms with Crippen molar-refractivity contribution < 1.29 is 4.79 Å². The number of carbonyl (C=O) groups excluding carboxylic acids is 1. The van der Waals surface area contributed by atoms with Gasteiger partial charge in [0.25, 0.3) is 0 Å². The lowest BCUT2D eigenvalue weighted by molar-refractivity contribution is -0.119. The first kappa shape index (κ1) is 15.0. The Kier molecular flexibility index (Phi) is 5.18. The molecule has 20 heavy (non-hydrogen) atoms. The minimum Gasteiger partial charge on any atom is -0.330 e. The van der Waals surface area contributed by atoms with Gasteiger partial charge in [-0.05, 0) is 56.2 Å². The van der Waals surface area contributed by atoms with Gasteiger partial charge < -0.3 is 10.6 Å². The third-order valence-corrected chi connectivity index (χ3v) is 4.23. The number of benzene rings is 1. The van der Waals surface area contributed by atoms with Crippen LogP contribution in [0.4, 0.5) is 5.69 Å². The van der Waals surface area contributed by atoms with Crippen LogP contribution in [0.25, 0.3) is 0 Å². The fraction of sp³-hybridized carbons (Fsp3) is 0.588. The van der Waals surface area contributed by atoms with Gasteiger partial charge in [-0.15, -0.1) is 0 Å². The van der Waals surface area contributed by atoms with Gasteiger partial charge >= 0.3 is 0 Å². The Morgan fingerprint density at radius 1 is 1.40 bits per heavy atom. The number of para-hydroxylation sites is 1. The number of amides is 1. The van der Waals surface area contributed by atoms with Crippen molar-refractivity contribution in [1.82, 2.24) is 0 Å². The van der Waals surface area contributed by atoms with Crippen molar-refractivity contribution in [3.8, 4) is 0 Å². The molecule has 1 aliphatic heterocycles. The van der Waals surface area contributed by atoms with Gasteiger partial charge in [-0.3, -0.25) is 4.79 Å². The van der Waals surface area contributed by atoms with Crippen molar-refractivity contribution in [3.63, 3.8) is 0 Å². The van der Waals surface area contributed by atoms with Crippen molar-refractivity contribution in [3.05, 3.63) is 29.3 Å². The smallest absolute Gasteiger partial charge is 0.227 e. The highest BCUT2D eigenvalue weighted by molar-refractivity contribution is 5.95. The molecular formula is C17H26N2O. The topological polar surface area (TPSA) is 46.3 Å². The Morgan fingerprint density at radius 3 is 2.95 bits per heavy atom. The fourth-order valence-electron chi connectivity index (χ4n) is 3.03. The standard InChI is InChI=1S/C17H26N2O/c1-13(10-11-18)8-9-16(20)19-12-4-7-15-6-3-5-14(2)17(15)19/h3,5-6,13H,4,7-12,18H2,1-2H3. The second-order valence-corrected chi connectivity index (χ2v) is 5.95. The van der Waals surface area contributed by atoms with E-state index in [0.29, 0.717) is 18.9 Å². The molecule has 0 spiro atoms. The lowest BCUT2D eigenvalue weighted by Gasteiger charge is -2.31. The van der Waals surface area contributed by atoms with Crippen LogP contribution in [0.2, 0.25) is 0 Å². The summed E-state index contributed by atoms with van der Waals surface area (Å²) in [4.78, 5) is 14.5. The Morgan fingerprint density at radius 2 is 2.20 bits per heavy atom. The van der Waals surface area contributed by atoms with Crippen molar-refractivity contribution in [2.75, 3.05) is 18.0 Å². The number of carbonyl (C=O) groups is 1. The highest BCUT2D eigenvalue weighted by Gasteiger charge is 2.23. The average Bonchev–Trinajstić information content (AvgIpc) is 2.45. The largest absolute Gasteiger partial charge is 0.330 e. The van der Waals surface area contributed by atoms with Crippen molar-refractivity contribution in [1.29, 1.82) is 0 Å². The summed E-state index contributed by atoms with van der Waals surface area (Å²) in [7, 11) is 0. The molecule has 1 unspecified atom stereocenters. The van der Waals surface area contributed by atoms with E-state index >= 15 is 0 Å². The molecule has 2 rings (SSSR count). The van der Waals surface area contributed by atoms with E-state index < -0.39 is 0 Å². The fourth-order valence-corrected chi connectivity index (χ4v) is 3.03. The zero-order valence-corrected chi connectivity index (χ0v) is 12.7. The summed E-state index contributed by atoms with van der Waals surface area (Å²) >= 11 is 0. The molecule has 1 heterocycles. The second-order valence-electron chi connectivity index (χ2n) is 5.95. The van der Waals surface area contributed by atoms with Gasteiger partial charge in [-0.1, -0.05) is 25.1 Å². The second kappa shape index (κ2) is 6.89. The van der Waals surface area contributed by atoms with Crippen LogP contribution in [0.5, 0.6) is 0 Å².